The molecule has 15 heavy (non-hydrogen) atoms. The lowest BCUT2D eigenvalue weighted by Crippen LogP contribution is -2.30. The number of hydrogen-bond donors (Lipinski definition) is 1. The van der Waals surface area contributed by atoms with Crippen molar-refractivity contribution >= 4 is 23.2 Å². The van der Waals surface area contributed by atoms with Crippen LogP contribution in [0.2, 0.25) is 0 Å². The van der Waals surface area contributed by atoms with Gasteiger partial charge in [0.25, 0.3) is 0 Å². The Labute approximate surface area is 94.1 Å². The molecule has 1 aromatic carbocycles. The van der Waals surface area contributed by atoms with Crippen LogP contribution < -0.4 is 5.32 Å². The molecule has 2 rings (SSSR count). The Morgan fingerprint density at radius 1 is 1.53 bits per heavy atom. The quantitative estimate of drug-likeness (QED) is 0.760. The third-order valence-electron chi connectivity index (χ3n) is 2.36. The summed E-state index contributed by atoms with van der Waals surface area (Å²) in [5.41, 5.74) is 2.30. The zero-order valence-electron chi connectivity index (χ0n) is 8.49. The van der Waals surface area contributed by atoms with Gasteiger partial charge in [0.05, 0.1) is 13.1 Å². The topological polar surface area (TPSA) is 32.3 Å². The number of carbonyl (C=O) groups excluding carboxylic acids is 1. The molecule has 1 fully saturated rings. The summed E-state index contributed by atoms with van der Waals surface area (Å²) in [6.45, 7) is 2.92. The molecule has 1 saturated heterocycles. The normalized spacial score (nSPS) is 15.7. The third-order valence-corrected chi connectivity index (χ3v) is 2.72. The standard InChI is InChI=1S/C11H12N2OS/c1-8-3-2-4-9(5-8)7-13-10(14)6-12-11(13)15/h2-5H,6-7H2,1H3,(H,12,15). The summed E-state index contributed by atoms with van der Waals surface area (Å²) in [5.74, 6) is 0.0431. The molecule has 0 aromatic heterocycles. The molecule has 0 radical (unpaired) electrons. The smallest absolute Gasteiger partial charge is 0.248 e. The zero-order valence-corrected chi connectivity index (χ0v) is 9.30. The molecule has 1 N–H and O–H groups in total. The van der Waals surface area contributed by atoms with Crippen LogP contribution in [0, 0.1) is 6.92 Å². The minimum Gasteiger partial charge on any atom is -0.353 e. The number of amides is 1. The number of aryl methyl sites for hydroxylation is 1. The number of carbonyl (C=O) groups is 1. The average molecular weight is 220 g/mol. The Morgan fingerprint density at radius 3 is 2.93 bits per heavy atom. The van der Waals surface area contributed by atoms with Crippen LogP contribution in [0.3, 0.4) is 0 Å². The van der Waals surface area contributed by atoms with Crippen LogP contribution in [0.5, 0.6) is 0 Å². The van der Waals surface area contributed by atoms with E-state index < -0.39 is 0 Å². The van der Waals surface area contributed by atoms with Gasteiger partial charge in [-0.25, -0.2) is 0 Å². The van der Waals surface area contributed by atoms with Crippen molar-refractivity contribution in [3.63, 3.8) is 0 Å². The zero-order chi connectivity index (χ0) is 10.8. The van der Waals surface area contributed by atoms with Gasteiger partial charge in [0.1, 0.15) is 0 Å². The monoisotopic (exact) mass is 220 g/mol. The first kappa shape index (κ1) is 10.1. The highest BCUT2D eigenvalue weighted by Crippen LogP contribution is 2.10. The van der Waals surface area contributed by atoms with Crippen molar-refractivity contribution in [1.82, 2.24) is 10.2 Å². The number of rotatable bonds is 2. The predicted octanol–water partition coefficient (Wildman–Crippen LogP) is 1.21. The summed E-state index contributed by atoms with van der Waals surface area (Å²) in [6.07, 6.45) is 0. The lowest BCUT2D eigenvalue weighted by molar-refractivity contribution is -0.124. The lowest BCUT2D eigenvalue weighted by atomic mass is 10.1. The Balaban J connectivity index is 2.15. The fourth-order valence-corrected chi connectivity index (χ4v) is 1.85. The van der Waals surface area contributed by atoms with Gasteiger partial charge >= 0.3 is 0 Å². The molecular weight excluding hydrogens is 208 g/mol. The Hall–Kier alpha value is -1.42. The summed E-state index contributed by atoms with van der Waals surface area (Å²) in [4.78, 5) is 13.1. The van der Waals surface area contributed by atoms with E-state index >= 15 is 0 Å². The van der Waals surface area contributed by atoms with Gasteiger partial charge in [-0.3, -0.25) is 9.69 Å². The summed E-state index contributed by atoms with van der Waals surface area (Å²) < 4.78 is 0. The van der Waals surface area contributed by atoms with Crippen molar-refractivity contribution in [1.29, 1.82) is 0 Å². The Kier molecular flexibility index (Phi) is 2.68. The fourth-order valence-electron chi connectivity index (χ4n) is 1.61. The molecule has 78 valence electrons. The molecule has 0 aliphatic carbocycles. The molecule has 1 amide bonds. The van der Waals surface area contributed by atoms with Gasteiger partial charge in [-0.2, -0.15) is 0 Å². The van der Waals surface area contributed by atoms with Crippen LogP contribution in [0.4, 0.5) is 0 Å². The van der Waals surface area contributed by atoms with Crippen molar-refractivity contribution < 1.29 is 4.79 Å². The number of thiocarbonyl (C=S) groups is 1. The molecule has 4 heteroatoms. The van der Waals surface area contributed by atoms with Crippen molar-refractivity contribution in [3.8, 4) is 0 Å². The molecule has 0 unspecified atom stereocenters. The van der Waals surface area contributed by atoms with Crippen LogP contribution in [0.1, 0.15) is 11.1 Å². The maximum Gasteiger partial charge on any atom is 0.248 e. The maximum atomic E-state index is 11.4. The number of hydrogen-bond acceptors (Lipinski definition) is 2. The van der Waals surface area contributed by atoms with Gasteiger partial charge in [-0.05, 0) is 24.7 Å². The second kappa shape index (κ2) is 3.98. The van der Waals surface area contributed by atoms with E-state index in [1.807, 2.05) is 25.1 Å². The Bertz CT molecular complexity index is 401. The van der Waals surface area contributed by atoms with Crippen LogP contribution in [-0.2, 0) is 11.3 Å². The van der Waals surface area contributed by atoms with E-state index in [1.54, 1.807) is 4.90 Å². The minimum absolute atomic E-state index is 0.0431. The van der Waals surface area contributed by atoms with Crippen molar-refractivity contribution in [2.45, 2.75) is 13.5 Å². The van der Waals surface area contributed by atoms with E-state index in [0.29, 0.717) is 18.2 Å². The highest BCUT2D eigenvalue weighted by Gasteiger charge is 2.24. The van der Waals surface area contributed by atoms with E-state index in [0.717, 1.165) is 5.56 Å². The van der Waals surface area contributed by atoms with E-state index in [2.05, 4.69) is 11.4 Å². The molecule has 1 aliphatic rings. The molecule has 1 aromatic rings. The second-order valence-corrected chi connectivity index (χ2v) is 4.01. The SMILES string of the molecule is Cc1cccc(CN2C(=O)CNC2=S)c1. The summed E-state index contributed by atoms with van der Waals surface area (Å²) in [5, 5.41) is 3.39. The number of nitrogens with zero attached hydrogens (tertiary/aromatic N) is 1. The summed E-state index contributed by atoms with van der Waals surface area (Å²) in [6, 6.07) is 8.09. The molecule has 3 nitrogen and oxygen atoms in total. The highest BCUT2D eigenvalue weighted by molar-refractivity contribution is 7.80. The minimum atomic E-state index is 0.0431. The first-order valence-corrected chi connectivity index (χ1v) is 5.21. The van der Waals surface area contributed by atoms with E-state index in [-0.39, 0.29) is 5.91 Å². The van der Waals surface area contributed by atoms with Crippen LogP contribution in [0.15, 0.2) is 24.3 Å². The lowest BCUT2D eigenvalue weighted by Gasteiger charge is -2.14. The van der Waals surface area contributed by atoms with Crippen molar-refractivity contribution in [3.05, 3.63) is 35.4 Å². The third kappa shape index (κ3) is 2.15. The molecule has 0 atom stereocenters. The fraction of sp³-hybridized carbons (Fsp3) is 0.273. The van der Waals surface area contributed by atoms with E-state index in [1.165, 1.54) is 5.56 Å². The number of benzene rings is 1. The molecule has 1 aliphatic heterocycles. The van der Waals surface area contributed by atoms with Gasteiger partial charge in [0, 0.05) is 0 Å². The largest absolute Gasteiger partial charge is 0.353 e. The molecule has 0 bridgehead atoms. The van der Waals surface area contributed by atoms with E-state index in [9.17, 15) is 4.79 Å². The average Bonchev–Trinajstić information content (AvgIpc) is 2.50. The van der Waals surface area contributed by atoms with Crippen LogP contribution in [0.25, 0.3) is 0 Å². The van der Waals surface area contributed by atoms with Gasteiger partial charge in [0.15, 0.2) is 5.11 Å². The first-order valence-electron chi connectivity index (χ1n) is 4.80. The molecule has 0 saturated carbocycles. The maximum absolute atomic E-state index is 11.4. The molecule has 0 spiro atoms. The van der Waals surface area contributed by atoms with Crippen LogP contribution >= 0.6 is 12.2 Å². The van der Waals surface area contributed by atoms with Gasteiger partial charge in [-0.15, -0.1) is 0 Å². The molecular formula is C11H12N2OS. The van der Waals surface area contributed by atoms with Gasteiger partial charge < -0.3 is 5.32 Å². The second-order valence-electron chi connectivity index (χ2n) is 3.63. The first-order chi connectivity index (χ1) is 7.16. The number of nitrogens with one attached hydrogen (secondary N) is 1. The van der Waals surface area contributed by atoms with Gasteiger partial charge in [0.2, 0.25) is 5.91 Å². The predicted molar refractivity (Wildman–Crippen MR) is 62.3 cm³/mol. The summed E-state index contributed by atoms with van der Waals surface area (Å²) >= 11 is 5.04. The van der Waals surface area contributed by atoms with Crippen LogP contribution in [-0.4, -0.2) is 22.5 Å². The van der Waals surface area contributed by atoms with Crippen molar-refractivity contribution in [2.24, 2.45) is 0 Å². The van der Waals surface area contributed by atoms with Gasteiger partial charge in [-0.1, -0.05) is 29.8 Å². The Morgan fingerprint density at radius 2 is 2.33 bits per heavy atom. The van der Waals surface area contributed by atoms with E-state index in [4.69, 9.17) is 12.2 Å². The highest BCUT2D eigenvalue weighted by atomic mass is 32.1. The molecule has 1 heterocycles. The summed E-state index contributed by atoms with van der Waals surface area (Å²) in [7, 11) is 0. The van der Waals surface area contributed by atoms with Crippen molar-refractivity contribution in [2.75, 3.05) is 6.54 Å².